The molecule has 0 N–H and O–H groups in total. The van der Waals surface area contributed by atoms with Crippen molar-refractivity contribution in [2.45, 2.75) is 63.3 Å². The first-order valence-electron chi connectivity index (χ1n) is 14.1. The number of aromatic nitrogens is 5. The molecule has 1 aliphatic carbocycles. The van der Waals surface area contributed by atoms with E-state index in [1.54, 1.807) is 25.7 Å². The molecular formula is C30H35F3N6O2. The monoisotopic (exact) mass is 568 g/mol. The molecule has 2 atom stereocenters. The average Bonchev–Trinajstić information content (AvgIpc) is 3.50. The van der Waals surface area contributed by atoms with E-state index in [-0.39, 0.29) is 17.7 Å². The number of alkyl halides is 3. The summed E-state index contributed by atoms with van der Waals surface area (Å²) < 4.78 is 53.1. The van der Waals surface area contributed by atoms with E-state index in [2.05, 4.69) is 22.0 Å². The maximum Gasteiger partial charge on any atom is 0.418 e. The number of methoxy groups -OCH3 is 1. The second-order valence-electron chi connectivity index (χ2n) is 11.8. The molecule has 0 bridgehead atoms. The van der Waals surface area contributed by atoms with Crippen LogP contribution in [0.3, 0.4) is 0 Å². The topological polar surface area (TPSA) is 69.6 Å². The maximum absolute atomic E-state index is 14.4. The number of piperidine rings is 1. The lowest BCUT2D eigenvalue weighted by atomic mass is 9.62. The Labute approximate surface area is 236 Å². The summed E-state index contributed by atoms with van der Waals surface area (Å²) in [5.41, 5.74) is -0.111. The van der Waals surface area contributed by atoms with Crippen molar-refractivity contribution in [3.8, 4) is 5.69 Å². The van der Waals surface area contributed by atoms with Gasteiger partial charge in [0.05, 0.1) is 28.3 Å². The van der Waals surface area contributed by atoms with Gasteiger partial charge < -0.3 is 9.30 Å². The van der Waals surface area contributed by atoms with Crippen molar-refractivity contribution in [1.29, 1.82) is 0 Å². The van der Waals surface area contributed by atoms with Crippen LogP contribution in [-0.2, 0) is 23.4 Å². The summed E-state index contributed by atoms with van der Waals surface area (Å²) in [5, 5.41) is 8.44. The smallest absolute Gasteiger partial charge is 0.381 e. The molecule has 4 heterocycles. The lowest BCUT2D eigenvalue weighted by molar-refractivity contribution is -0.136. The van der Waals surface area contributed by atoms with Crippen molar-refractivity contribution >= 4 is 5.52 Å². The molecule has 1 saturated heterocycles. The SMILES string of the molecule is COC1CC(c2cccc(-n3cc4c(C(F)(F)F)cc([C@@H](C)N5CCC[C@H](C)C5)cn4c3=O)c2)(c2nncn2C)C1. The lowest BCUT2D eigenvalue weighted by Crippen LogP contribution is -2.48. The van der Waals surface area contributed by atoms with Crippen molar-refractivity contribution in [3.63, 3.8) is 0 Å². The van der Waals surface area contributed by atoms with Gasteiger partial charge in [0, 0.05) is 39.1 Å². The van der Waals surface area contributed by atoms with E-state index in [0.29, 0.717) is 30.0 Å². The lowest BCUT2D eigenvalue weighted by Gasteiger charge is -2.46. The van der Waals surface area contributed by atoms with Gasteiger partial charge in [0.15, 0.2) is 0 Å². The molecule has 6 rings (SSSR count). The minimum Gasteiger partial charge on any atom is -0.381 e. The number of pyridine rings is 1. The summed E-state index contributed by atoms with van der Waals surface area (Å²) in [7, 11) is 3.56. The summed E-state index contributed by atoms with van der Waals surface area (Å²) in [4.78, 5) is 15.9. The van der Waals surface area contributed by atoms with Crippen LogP contribution in [0.1, 0.15) is 68.1 Å². The molecule has 41 heavy (non-hydrogen) atoms. The van der Waals surface area contributed by atoms with Crippen molar-refractivity contribution < 1.29 is 17.9 Å². The summed E-state index contributed by atoms with van der Waals surface area (Å²) in [6.45, 7) is 5.73. The van der Waals surface area contributed by atoms with Gasteiger partial charge in [0.1, 0.15) is 12.2 Å². The molecule has 3 aromatic heterocycles. The van der Waals surface area contributed by atoms with E-state index >= 15 is 0 Å². The van der Waals surface area contributed by atoms with Crippen LogP contribution in [0, 0.1) is 5.92 Å². The van der Waals surface area contributed by atoms with Crippen LogP contribution in [0.15, 0.2) is 53.8 Å². The first-order valence-corrected chi connectivity index (χ1v) is 14.1. The van der Waals surface area contributed by atoms with Gasteiger partial charge in [0.25, 0.3) is 0 Å². The Morgan fingerprint density at radius 1 is 1.17 bits per heavy atom. The standard InChI is InChI=1S/C30H35F3N6O2/c1-19-7-6-10-37(15-19)20(2)21-11-25(30(31,32)33)26-17-38(28(40)39(26)16-21)23-9-5-8-22(12-23)29(13-24(14-29)41-4)27-35-34-18-36(27)3/h5,8-9,11-12,16-20,24H,6-7,10,13-15H2,1-4H3/t19-,20+,24?,29?/m0/s1. The van der Waals surface area contributed by atoms with Gasteiger partial charge >= 0.3 is 11.9 Å². The normalized spacial score (nSPS) is 24.5. The van der Waals surface area contributed by atoms with Crippen molar-refractivity contribution in [2.24, 2.45) is 13.0 Å². The second-order valence-corrected chi connectivity index (χ2v) is 11.8. The Hall–Kier alpha value is -3.44. The zero-order valence-electron chi connectivity index (χ0n) is 23.7. The van der Waals surface area contributed by atoms with Crippen LogP contribution < -0.4 is 5.69 Å². The minimum atomic E-state index is -4.62. The Bertz CT molecular complexity index is 1630. The molecule has 1 aliphatic heterocycles. The number of nitrogens with zero attached hydrogens (tertiary/aromatic N) is 6. The van der Waals surface area contributed by atoms with Crippen LogP contribution in [0.2, 0.25) is 0 Å². The number of fused-ring (bicyclic) bond motifs is 1. The molecule has 0 amide bonds. The van der Waals surface area contributed by atoms with Gasteiger partial charge in [-0.1, -0.05) is 19.1 Å². The summed E-state index contributed by atoms with van der Waals surface area (Å²) >= 11 is 0. The van der Waals surface area contributed by atoms with E-state index in [1.807, 2.05) is 36.7 Å². The quantitative estimate of drug-likeness (QED) is 0.323. The number of imidazole rings is 1. The molecular weight excluding hydrogens is 533 g/mol. The predicted octanol–water partition coefficient (Wildman–Crippen LogP) is 5.13. The number of likely N-dealkylation sites (tertiary alicyclic amines) is 1. The molecule has 0 spiro atoms. The number of hydrogen-bond donors (Lipinski definition) is 0. The third-order valence-corrected chi connectivity index (χ3v) is 9.11. The van der Waals surface area contributed by atoms with Gasteiger partial charge in [-0.05, 0) is 74.4 Å². The number of ether oxygens (including phenoxy) is 1. The fraction of sp³-hybridized carbons (Fsp3) is 0.500. The number of halogens is 3. The number of rotatable bonds is 6. The van der Waals surface area contributed by atoms with Gasteiger partial charge in [-0.2, -0.15) is 13.2 Å². The number of benzene rings is 1. The molecule has 0 radical (unpaired) electrons. The highest BCUT2D eigenvalue weighted by Gasteiger charge is 2.50. The molecule has 11 heteroatoms. The number of hydrogen-bond acceptors (Lipinski definition) is 5. The fourth-order valence-electron chi connectivity index (χ4n) is 6.74. The van der Waals surface area contributed by atoms with E-state index in [9.17, 15) is 18.0 Å². The van der Waals surface area contributed by atoms with Gasteiger partial charge in [-0.15, -0.1) is 10.2 Å². The summed E-state index contributed by atoms with van der Waals surface area (Å²) in [5.74, 6) is 1.26. The first-order chi connectivity index (χ1) is 19.5. The maximum atomic E-state index is 14.4. The van der Waals surface area contributed by atoms with Crippen LogP contribution >= 0.6 is 0 Å². The molecule has 2 fully saturated rings. The average molecular weight is 569 g/mol. The highest BCUT2D eigenvalue weighted by molar-refractivity contribution is 5.58. The van der Waals surface area contributed by atoms with Gasteiger partial charge in [0.2, 0.25) is 0 Å². The number of aryl methyl sites for hydroxylation is 1. The Morgan fingerprint density at radius 2 is 1.95 bits per heavy atom. The van der Waals surface area contributed by atoms with Gasteiger partial charge in [-0.25, -0.2) is 4.79 Å². The van der Waals surface area contributed by atoms with Crippen molar-refractivity contribution in [3.05, 3.63) is 82.1 Å². The molecule has 2 aliphatic rings. The predicted molar refractivity (Wildman–Crippen MR) is 148 cm³/mol. The zero-order chi connectivity index (χ0) is 29.1. The summed E-state index contributed by atoms with van der Waals surface area (Å²) in [6, 6.07) is 8.36. The molecule has 0 unspecified atom stereocenters. The Morgan fingerprint density at radius 3 is 2.61 bits per heavy atom. The largest absolute Gasteiger partial charge is 0.418 e. The van der Waals surface area contributed by atoms with Crippen LogP contribution in [0.5, 0.6) is 0 Å². The van der Waals surface area contributed by atoms with Crippen molar-refractivity contribution in [2.75, 3.05) is 20.2 Å². The van der Waals surface area contributed by atoms with Crippen molar-refractivity contribution in [1.82, 2.24) is 28.6 Å². The van der Waals surface area contributed by atoms with Crippen LogP contribution in [-0.4, -0.2) is 54.9 Å². The third-order valence-electron chi connectivity index (χ3n) is 9.11. The van der Waals surface area contributed by atoms with Crippen LogP contribution in [0.25, 0.3) is 11.2 Å². The molecule has 4 aromatic rings. The molecule has 8 nitrogen and oxygen atoms in total. The first kappa shape index (κ1) is 27.7. The van der Waals surface area contributed by atoms with E-state index < -0.39 is 22.8 Å². The van der Waals surface area contributed by atoms with Gasteiger partial charge in [-0.3, -0.25) is 13.9 Å². The third kappa shape index (κ3) is 4.68. The summed E-state index contributed by atoms with van der Waals surface area (Å²) in [6.07, 6.45) is 3.44. The fourth-order valence-corrected chi connectivity index (χ4v) is 6.74. The van der Waals surface area contributed by atoms with Crippen LogP contribution in [0.4, 0.5) is 13.2 Å². The Balaban J connectivity index is 1.45. The van der Waals surface area contributed by atoms with E-state index in [0.717, 1.165) is 41.7 Å². The highest BCUT2D eigenvalue weighted by atomic mass is 19.4. The molecule has 1 aromatic carbocycles. The Kier molecular flexibility index (Phi) is 6.85. The molecule has 1 saturated carbocycles. The van der Waals surface area contributed by atoms with E-state index in [4.69, 9.17) is 4.74 Å². The highest BCUT2D eigenvalue weighted by Crippen LogP contribution is 2.49. The van der Waals surface area contributed by atoms with E-state index in [1.165, 1.54) is 16.8 Å². The second kappa shape index (κ2) is 10.1. The zero-order valence-corrected chi connectivity index (χ0v) is 23.7. The molecule has 218 valence electrons. The minimum absolute atomic E-state index is 0.0489.